The van der Waals surface area contributed by atoms with Crippen LogP contribution in [-0.2, 0) is 10.8 Å². The Morgan fingerprint density at radius 2 is 2.00 bits per heavy atom. The second-order valence-corrected chi connectivity index (χ2v) is 6.36. The van der Waals surface area contributed by atoms with Gasteiger partial charge in [-0.25, -0.2) is 0 Å². The van der Waals surface area contributed by atoms with Crippen molar-refractivity contribution in [3.05, 3.63) is 0 Å². The van der Waals surface area contributed by atoms with Gasteiger partial charge in [0, 0.05) is 46.9 Å². The van der Waals surface area contributed by atoms with E-state index in [4.69, 9.17) is 5.11 Å². The molecular formula is C10H19NO2S. The van der Waals surface area contributed by atoms with Gasteiger partial charge in [0.1, 0.15) is 0 Å². The Kier molecular flexibility index (Phi) is 3.24. The maximum absolute atomic E-state index is 11.1. The van der Waals surface area contributed by atoms with Crippen LogP contribution in [0.3, 0.4) is 0 Å². The highest BCUT2D eigenvalue weighted by Crippen LogP contribution is 2.44. The largest absolute Gasteiger partial charge is 0.396 e. The number of nitrogens with one attached hydrogen (secondary N) is 1. The van der Waals surface area contributed by atoms with E-state index in [2.05, 4.69) is 5.32 Å². The minimum absolute atomic E-state index is 0.205. The van der Waals surface area contributed by atoms with Gasteiger partial charge in [0.2, 0.25) is 0 Å². The summed E-state index contributed by atoms with van der Waals surface area (Å²) in [5, 5.41) is 12.6. The molecule has 1 aliphatic heterocycles. The molecule has 0 aromatic rings. The lowest BCUT2D eigenvalue weighted by molar-refractivity contribution is 0.203. The number of aliphatic hydroxyl groups excluding tert-OH is 1. The number of rotatable bonds is 4. The summed E-state index contributed by atoms with van der Waals surface area (Å²) >= 11 is 0. The van der Waals surface area contributed by atoms with Gasteiger partial charge in [-0.15, -0.1) is 0 Å². The molecule has 0 unspecified atom stereocenters. The molecular weight excluding hydrogens is 198 g/mol. The summed E-state index contributed by atoms with van der Waals surface area (Å²) in [6, 6.07) is 0.539. The van der Waals surface area contributed by atoms with Crippen molar-refractivity contribution in [2.75, 3.05) is 24.7 Å². The van der Waals surface area contributed by atoms with Crippen molar-refractivity contribution >= 4 is 10.8 Å². The molecule has 3 nitrogen and oxygen atoms in total. The van der Waals surface area contributed by atoms with Crippen LogP contribution in [0, 0.1) is 5.41 Å². The molecule has 0 bridgehead atoms. The summed E-state index contributed by atoms with van der Waals surface area (Å²) in [6.07, 6.45) is 4.40. The molecule has 2 rings (SSSR count). The molecule has 2 fully saturated rings. The van der Waals surface area contributed by atoms with Gasteiger partial charge in [0.05, 0.1) is 0 Å². The maximum Gasteiger partial charge on any atom is 0.0499 e. The van der Waals surface area contributed by atoms with E-state index in [1.54, 1.807) is 0 Å². The Hall–Kier alpha value is 0.0700. The van der Waals surface area contributed by atoms with Gasteiger partial charge in [-0.3, -0.25) is 4.21 Å². The SMILES string of the molecule is O=S1CCC(NCC2(CO)CC2)CC1. The highest BCUT2D eigenvalue weighted by molar-refractivity contribution is 7.85. The highest BCUT2D eigenvalue weighted by atomic mass is 32.2. The fraction of sp³-hybridized carbons (Fsp3) is 1.00. The number of hydrogen-bond acceptors (Lipinski definition) is 3. The van der Waals surface area contributed by atoms with Gasteiger partial charge >= 0.3 is 0 Å². The van der Waals surface area contributed by atoms with Crippen molar-refractivity contribution in [3.63, 3.8) is 0 Å². The second-order valence-electron chi connectivity index (χ2n) is 4.66. The van der Waals surface area contributed by atoms with Crippen LogP contribution in [0.2, 0.25) is 0 Å². The minimum atomic E-state index is -0.561. The number of aliphatic hydroxyl groups is 1. The van der Waals surface area contributed by atoms with Gasteiger partial charge in [0.15, 0.2) is 0 Å². The zero-order valence-corrected chi connectivity index (χ0v) is 9.31. The Bertz CT molecular complexity index is 218. The van der Waals surface area contributed by atoms with Crippen molar-refractivity contribution in [2.45, 2.75) is 31.7 Å². The van der Waals surface area contributed by atoms with Crippen molar-refractivity contribution in [2.24, 2.45) is 5.41 Å². The number of hydrogen-bond donors (Lipinski definition) is 2. The lowest BCUT2D eigenvalue weighted by Gasteiger charge is -2.24. The summed E-state index contributed by atoms with van der Waals surface area (Å²) < 4.78 is 11.1. The first kappa shape index (κ1) is 10.6. The van der Waals surface area contributed by atoms with E-state index in [9.17, 15) is 4.21 Å². The van der Waals surface area contributed by atoms with Crippen molar-refractivity contribution in [1.82, 2.24) is 5.32 Å². The van der Waals surface area contributed by atoms with E-state index in [1.165, 1.54) is 0 Å². The first-order chi connectivity index (χ1) is 6.74. The first-order valence-electron chi connectivity index (χ1n) is 5.43. The molecule has 1 aliphatic carbocycles. The normalized spacial score (nSPS) is 35.5. The molecule has 2 aliphatic rings. The van der Waals surface area contributed by atoms with E-state index in [0.29, 0.717) is 12.6 Å². The van der Waals surface area contributed by atoms with Crippen LogP contribution < -0.4 is 5.32 Å². The predicted molar refractivity (Wildman–Crippen MR) is 57.7 cm³/mol. The predicted octanol–water partition coefficient (Wildman–Crippen LogP) is 0.260. The summed E-state index contributed by atoms with van der Waals surface area (Å²) in [5.41, 5.74) is 0.205. The minimum Gasteiger partial charge on any atom is -0.396 e. The molecule has 1 saturated heterocycles. The van der Waals surface area contributed by atoms with Crippen LogP contribution in [0.25, 0.3) is 0 Å². The smallest absolute Gasteiger partial charge is 0.0499 e. The third kappa shape index (κ3) is 2.55. The zero-order chi connectivity index (χ0) is 10.0. The van der Waals surface area contributed by atoms with Gasteiger partial charge in [-0.2, -0.15) is 0 Å². The van der Waals surface area contributed by atoms with Crippen LogP contribution in [-0.4, -0.2) is 40.0 Å². The average Bonchev–Trinajstić information content (AvgIpc) is 2.98. The lowest BCUT2D eigenvalue weighted by Crippen LogP contribution is -2.39. The third-order valence-corrected chi connectivity index (χ3v) is 4.83. The highest BCUT2D eigenvalue weighted by Gasteiger charge is 2.41. The van der Waals surface area contributed by atoms with Gasteiger partial charge in [-0.05, 0) is 25.7 Å². The van der Waals surface area contributed by atoms with Crippen LogP contribution in [0.4, 0.5) is 0 Å². The summed E-state index contributed by atoms with van der Waals surface area (Å²) in [6.45, 7) is 1.26. The Morgan fingerprint density at radius 1 is 1.36 bits per heavy atom. The fourth-order valence-electron chi connectivity index (χ4n) is 1.93. The van der Waals surface area contributed by atoms with Crippen molar-refractivity contribution in [3.8, 4) is 0 Å². The molecule has 2 N–H and O–H groups in total. The molecule has 0 amide bonds. The van der Waals surface area contributed by atoms with E-state index < -0.39 is 10.8 Å². The standard InChI is InChI=1S/C10H19NO2S/c12-8-10(3-4-10)7-11-9-1-5-14(13)6-2-9/h9,11-12H,1-8H2. The molecule has 0 radical (unpaired) electrons. The topological polar surface area (TPSA) is 49.3 Å². The molecule has 4 heteroatoms. The Morgan fingerprint density at radius 3 is 2.50 bits per heavy atom. The van der Waals surface area contributed by atoms with Gasteiger partial charge in [-0.1, -0.05) is 0 Å². The first-order valence-corrected chi connectivity index (χ1v) is 6.92. The van der Waals surface area contributed by atoms with Gasteiger partial charge < -0.3 is 10.4 Å². The quantitative estimate of drug-likeness (QED) is 0.710. The molecule has 14 heavy (non-hydrogen) atoms. The van der Waals surface area contributed by atoms with Crippen LogP contribution in [0.15, 0.2) is 0 Å². The lowest BCUT2D eigenvalue weighted by atomic mass is 10.1. The van der Waals surface area contributed by atoms with Crippen LogP contribution in [0.1, 0.15) is 25.7 Å². The monoisotopic (exact) mass is 217 g/mol. The molecule has 82 valence electrons. The van der Waals surface area contributed by atoms with Crippen LogP contribution >= 0.6 is 0 Å². The van der Waals surface area contributed by atoms with Gasteiger partial charge in [0.25, 0.3) is 0 Å². The summed E-state index contributed by atoms with van der Waals surface area (Å²) in [4.78, 5) is 0. The summed E-state index contributed by atoms with van der Waals surface area (Å²) in [7, 11) is -0.561. The molecule has 0 aromatic heterocycles. The maximum atomic E-state index is 11.1. The van der Waals surface area contributed by atoms with E-state index >= 15 is 0 Å². The van der Waals surface area contributed by atoms with Crippen molar-refractivity contribution < 1.29 is 9.32 Å². The molecule has 0 spiro atoms. The average molecular weight is 217 g/mol. The summed E-state index contributed by atoms with van der Waals surface area (Å²) in [5.74, 6) is 1.70. The van der Waals surface area contributed by atoms with Crippen LogP contribution in [0.5, 0.6) is 0 Å². The van der Waals surface area contributed by atoms with E-state index in [1.807, 2.05) is 0 Å². The molecule has 1 saturated carbocycles. The Balaban J connectivity index is 1.68. The molecule has 0 atom stereocenters. The Labute approximate surface area is 87.7 Å². The fourth-order valence-corrected chi connectivity index (χ4v) is 3.23. The molecule has 0 aromatic carbocycles. The van der Waals surface area contributed by atoms with Crippen molar-refractivity contribution in [1.29, 1.82) is 0 Å². The third-order valence-electron chi connectivity index (χ3n) is 3.45. The molecule has 1 heterocycles. The van der Waals surface area contributed by atoms with E-state index in [0.717, 1.165) is 43.7 Å². The van der Waals surface area contributed by atoms with E-state index in [-0.39, 0.29) is 5.41 Å². The zero-order valence-electron chi connectivity index (χ0n) is 8.50. The second kappa shape index (κ2) is 4.29.